The molecule has 0 aliphatic carbocycles. The molecule has 0 saturated carbocycles. The number of aryl methyl sites for hydroxylation is 1. The van der Waals surface area contributed by atoms with Crippen molar-refractivity contribution in [1.29, 1.82) is 0 Å². The van der Waals surface area contributed by atoms with Gasteiger partial charge in [-0.1, -0.05) is 30.3 Å². The molecule has 1 spiro atoms. The van der Waals surface area contributed by atoms with Crippen molar-refractivity contribution in [3.05, 3.63) is 127 Å². The number of carbonyl (C=O) groups is 2. The fourth-order valence-electron chi connectivity index (χ4n) is 7.23. The lowest BCUT2D eigenvalue weighted by Crippen LogP contribution is -2.38. The number of ether oxygens (including phenoxy) is 3. The van der Waals surface area contributed by atoms with Gasteiger partial charge in [0.05, 0.1) is 16.9 Å². The highest BCUT2D eigenvalue weighted by Crippen LogP contribution is 2.59. The van der Waals surface area contributed by atoms with Crippen LogP contribution >= 0.6 is 0 Å². The van der Waals surface area contributed by atoms with Crippen molar-refractivity contribution in [2.75, 3.05) is 18.0 Å². The zero-order chi connectivity index (χ0) is 30.0. The van der Waals surface area contributed by atoms with Crippen molar-refractivity contribution >= 4 is 23.3 Å². The third-order valence-corrected chi connectivity index (χ3v) is 9.16. The molecule has 4 aliphatic heterocycles. The number of hydrogen-bond donors (Lipinski definition) is 0. The number of carbonyl (C=O) groups excluding carboxylic acids is 2. The van der Waals surface area contributed by atoms with Gasteiger partial charge in [-0.25, -0.2) is 4.79 Å². The molecule has 1 unspecified atom stereocenters. The van der Waals surface area contributed by atoms with Crippen LogP contribution in [0, 0.1) is 10.1 Å². The standard InChI is InChI=1S/C35H28N2O7/c38-31(42-20-21-9-12-24(13-10-21)37(40)41)18-22-11-14-28-30(17-22)43-33-26-7-4-16-36-15-3-5-23(32(26)36)19-29(33)35(28)27-8-2-1-6-25(27)34(39)44-35/h1-2,6,8-14,17,19H,3-5,7,15-16,18,20H2. The lowest BCUT2D eigenvalue weighted by molar-refractivity contribution is -0.384. The summed E-state index contributed by atoms with van der Waals surface area (Å²) in [6.45, 7) is 2.04. The maximum absolute atomic E-state index is 13.4. The third-order valence-electron chi connectivity index (χ3n) is 9.16. The van der Waals surface area contributed by atoms with Crippen molar-refractivity contribution in [2.24, 2.45) is 0 Å². The van der Waals surface area contributed by atoms with E-state index in [4.69, 9.17) is 14.2 Å². The van der Waals surface area contributed by atoms with Crippen LogP contribution in [-0.2, 0) is 45.7 Å². The lowest BCUT2D eigenvalue weighted by Gasteiger charge is -2.42. The van der Waals surface area contributed by atoms with Crippen LogP contribution in [0.3, 0.4) is 0 Å². The van der Waals surface area contributed by atoms with Crippen LogP contribution in [0.1, 0.15) is 62.1 Å². The van der Waals surface area contributed by atoms with E-state index in [-0.39, 0.29) is 24.7 Å². The molecule has 0 saturated heterocycles. The number of anilines is 1. The number of nitrogens with zero attached hydrogens (tertiary/aromatic N) is 2. The fraction of sp³-hybridized carbons (Fsp3) is 0.257. The Morgan fingerprint density at radius 2 is 1.70 bits per heavy atom. The average Bonchev–Trinajstić information content (AvgIpc) is 3.33. The fourth-order valence-corrected chi connectivity index (χ4v) is 7.23. The molecule has 0 amide bonds. The SMILES string of the molecule is O=C(Cc1ccc2c(c1)Oc1c(cc3c4c1CCCN4CCC3)C21OC(=O)c2ccccc21)OCc1ccc([N+](=O)[O-])cc1. The minimum absolute atomic E-state index is 0.00464. The highest BCUT2D eigenvalue weighted by atomic mass is 16.6. The van der Waals surface area contributed by atoms with Crippen molar-refractivity contribution in [2.45, 2.75) is 44.3 Å². The summed E-state index contributed by atoms with van der Waals surface area (Å²) in [5.74, 6) is 0.481. The smallest absolute Gasteiger partial charge is 0.340 e. The van der Waals surface area contributed by atoms with Gasteiger partial charge in [0, 0.05) is 53.2 Å². The first-order valence-corrected chi connectivity index (χ1v) is 14.9. The monoisotopic (exact) mass is 588 g/mol. The molecular weight excluding hydrogens is 560 g/mol. The minimum atomic E-state index is -1.16. The lowest BCUT2D eigenvalue weighted by atomic mass is 9.74. The molecule has 0 N–H and O–H groups in total. The molecule has 0 bridgehead atoms. The first kappa shape index (κ1) is 26.4. The van der Waals surface area contributed by atoms with E-state index in [2.05, 4.69) is 11.0 Å². The summed E-state index contributed by atoms with van der Waals surface area (Å²) in [5, 5.41) is 10.9. The molecule has 44 heavy (non-hydrogen) atoms. The zero-order valence-corrected chi connectivity index (χ0v) is 23.8. The number of esters is 2. The molecule has 9 nitrogen and oxygen atoms in total. The summed E-state index contributed by atoms with van der Waals surface area (Å²) in [5.41, 5.74) is 6.77. The van der Waals surface area contributed by atoms with Gasteiger partial charge >= 0.3 is 11.9 Å². The Balaban J connectivity index is 1.17. The molecule has 9 heteroatoms. The number of nitro groups is 1. The molecule has 4 aliphatic rings. The van der Waals surface area contributed by atoms with Crippen molar-refractivity contribution < 1.29 is 28.7 Å². The van der Waals surface area contributed by atoms with Crippen LogP contribution in [0.5, 0.6) is 11.5 Å². The number of non-ortho nitro benzene ring substituents is 1. The second-order valence-corrected chi connectivity index (χ2v) is 11.7. The second-order valence-electron chi connectivity index (χ2n) is 11.7. The van der Waals surface area contributed by atoms with Gasteiger partial charge < -0.3 is 19.1 Å². The summed E-state index contributed by atoms with van der Waals surface area (Å²) in [7, 11) is 0. The quantitative estimate of drug-likeness (QED) is 0.155. The van der Waals surface area contributed by atoms with Gasteiger partial charge in [-0.3, -0.25) is 14.9 Å². The van der Waals surface area contributed by atoms with Gasteiger partial charge in [0.25, 0.3) is 5.69 Å². The van der Waals surface area contributed by atoms with Gasteiger partial charge in [0.2, 0.25) is 0 Å². The van der Waals surface area contributed by atoms with Gasteiger partial charge in [0.15, 0.2) is 5.60 Å². The zero-order valence-electron chi connectivity index (χ0n) is 23.8. The van der Waals surface area contributed by atoms with E-state index in [0.29, 0.717) is 22.4 Å². The van der Waals surface area contributed by atoms with Crippen LogP contribution in [-0.4, -0.2) is 30.0 Å². The van der Waals surface area contributed by atoms with Crippen LogP contribution in [0.15, 0.2) is 72.8 Å². The largest absolute Gasteiger partial charge is 0.461 e. The molecular formula is C35H28N2O7. The number of benzene rings is 4. The molecule has 4 aromatic carbocycles. The molecule has 0 fully saturated rings. The highest BCUT2D eigenvalue weighted by Gasteiger charge is 2.54. The van der Waals surface area contributed by atoms with Gasteiger partial charge in [-0.2, -0.15) is 0 Å². The molecule has 1 atom stereocenters. The predicted molar refractivity (Wildman–Crippen MR) is 160 cm³/mol. The Bertz CT molecular complexity index is 1880. The maximum atomic E-state index is 13.4. The Labute approximate surface area is 253 Å². The van der Waals surface area contributed by atoms with E-state index >= 15 is 0 Å². The van der Waals surface area contributed by atoms with Crippen LogP contribution in [0.4, 0.5) is 11.4 Å². The van der Waals surface area contributed by atoms with Crippen molar-refractivity contribution in [3.8, 4) is 11.5 Å². The van der Waals surface area contributed by atoms with E-state index in [9.17, 15) is 19.7 Å². The first-order valence-electron chi connectivity index (χ1n) is 14.9. The summed E-state index contributed by atoms with van der Waals surface area (Å²) in [6.07, 6.45) is 3.94. The number of fused-ring (bicyclic) bond motifs is 7. The molecule has 220 valence electrons. The van der Waals surface area contributed by atoms with Gasteiger partial charge in [-0.15, -0.1) is 0 Å². The number of rotatable bonds is 5. The van der Waals surface area contributed by atoms with Crippen molar-refractivity contribution in [3.63, 3.8) is 0 Å². The van der Waals surface area contributed by atoms with E-state index in [1.54, 1.807) is 18.2 Å². The Morgan fingerprint density at radius 3 is 2.52 bits per heavy atom. The van der Waals surface area contributed by atoms with Gasteiger partial charge in [0.1, 0.15) is 18.1 Å². The van der Waals surface area contributed by atoms with Crippen LogP contribution < -0.4 is 9.64 Å². The predicted octanol–water partition coefficient (Wildman–Crippen LogP) is 6.15. The normalized spacial score (nSPS) is 18.8. The maximum Gasteiger partial charge on any atom is 0.340 e. The third kappa shape index (κ3) is 3.99. The van der Waals surface area contributed by atoms with Crippen LogP contribution in [0.25, 0.3) is 0 Å². The van der Waals surface area contributed by atoms with E-state index < -0.39 is 16.5 Å². The van der Waals surface area contributed by atoms with E-state index in [1.807, 2.05) is 36.4 Å². The summed E-state index contributed by atoms with van der Waals surface area (Å²) >= 11 is 0. The van der Waals surface area contributed by atoms with Gasteiger partial charge in [-0.05, 0) is 72.7 Å². The first-order chi connectivity index (χ1) is 21.4. The summed E-state index contributed by atoms with van der Waals surface area (Å²) in [4.78, 5) is 39.1. The Hall–Kier alpha value is -5.18. The number of hydrogen-bond acceptors (Lipinski definition) is 8. The number of nitro benzene ring substituents is 1. The summed E-state index contributed by atoms with van der Waals surface area (Å²) < 4.78 is 18.6. The Morgan fingerprint density at radius 1 is 0.932 bits per heavy atom. The van der Waals surface area contributed by atoms with Crippen LogP contribution in [0.2, 0.25) is 0 Å². The molecule has 8 rings (SSSR count). The minimum Gasteiger partial charge on any atom is -0.461 e. The average molecular weight is 589 g/mol. The second kappa shape index (κ2) is 9.94. The Kier molecular flexibility index (Phi) is 5.97. The van der Waals surface area contributed by atoms with Crippen molar-refractivity contribution in [1.82, 2.24) is 0 Å². The molecule has 0 radical (unpaired) electrons. The molecule has 4 aromatic rings. The van der Waals surface area contributed by atoms with E-state index in [0.717, 1.165) is 66.8 Å². The molecule has 0 aromatic heterocycles. The van der Waals surface area contributed by atoms with E-state index in [1.165, 1.54) is 23.4 Å². The molecule has 4 heterocycles. The topological polar surface area (TPSA) is 108 Å². The summed E-state index contributed by atoms with van der Waals surface area (Å²) in [6, 6.07) is 21.2. The highest BCUT2D eigenvalue weighted by molar-refractivity contribution is 5.97.